The van der Waals surface area contributed by atoms with E-state index in [0.29, 0.717) is 23.4 Å². The third kappa shape index (κ3) is 1.67. The lowest BCUT2D eigenvalue weighted by Gasteiger charge is -2.56. The van der Waals surface area contributed by atoms with E-state index in [9.17, 15) is 5.11 Å². The van der Waals surface area contributed by atoms with Gasteiger partial charge in [-0.15, -0.1) is 0 Å². The van der Waals surface area contributed by atoms with Gasteiger partial charge in [-0.2, -0.15) is 0 Å². The lowest BCUT2D eigenvalue weighted by molar-refractivity contribution is -0.0562. The van der Waals surface area contributed by atoms with E-state index >= 15 is 0 Å². The first-order chi connectivity index (χ1) is 11.5. The molecule has 5 aliphatic rings. The molecule has 7 atom stereocenters. The molecule has 3 saturated carbocycles. The average Bonchev–Trinajstić information content (AvgIpc) is 3.24. The smallest absolute Gasteiger partial charge is 0.0959 e. The molecule has 0 bridgehead atoms. The molecule has 0 saturated heterocycles. The van der Waals surface area contributed by atoms with Crippen molar-refractivity contribution in [3.63, 3.8) is 0 Å². The highest BCUT2D eigenvalue weighted by atomic mass is 16.5. The van der Waals surface area contributed by atoms with Crippen LogP contribution in [-0.2, 0) is 4.74 Å². The van der Waals surface area contributed by atoms with Crippen molar-refractivity contribution in [1.29, 1.82) is 0 Å². The molecule has 0 amide bonds. The van der Waals surface area contributed by atoms with Gasteiger partial charge in [0.2, 0.25) is 0 Å². The Morgan fingerprint density at radius 3 is 2.96 bits per heavy atom. The van der Waals surface area contributed by atoms with Gasteiger partial charge in [0, 0.05) is 13.0 Å². The normalized spacial score (nSPS) is 52.0. The van der Waals surface area contributed by atoms with Gasteiger partial charge in [0.05, 0.1) is 12.9 Å². The molecule has 2 nitrogen and oxygen atoms in total. The Balaban J connectivity index is 1.52. The molecular weight excluding hydrogens is 296 g/mol. The van der Waals surface area contributed by atoms with E-state index in [-0.39, 0.29) is 0 Å². The highest BCUT2D eigenvalue weighted by molar-refractivity contribution is 5.36. The van der Waals surface area contributed by atoms with E-state index in [1.807, 2.05) is 7.11 Å². The number of aliphatic hydroxyl groups excluding tert-OH is 1. The number of aliphatic hydroxyl groups is 1. The molecule has 1 N–H and O–H groups in total. The van der Waals surface area contributed by atoms with Crippen molar-refractivity contribution in [2.45, 2.75) is 58.8 Å². The molecule has 1 spiro atoms. The van der Waals surface area contributed by atoms with Crippen LogP contribution in [0, 0.1) is 40.4 Å². The lowest BCUT2D eigenvalue weighted by Crippen LogP contribution is -2.50. The topological polar surface area (TPSA) is 29.5 Å². The molecule has 0 aromatic heterocycles. The summed E-state index contributed by atoms with van der Waals surface area (Å²) in [5, 5.41) is 9.98. The van der Waals surface area contributed by atoms with Crippen molar-refractivity contribution in [3.8, 4) is 0 Å². The van der Waals surface area contributed by atoms with Gasteiger partial charge in [-0.05, 0) is 85.0 Å². The van der Waals surface area contributed by atoms with Gasteiger partial charge >= 0.3 is 0 Å². The van der Waals surface area contributed by atoms with Crippen LogP contribution in [-0.4, -0.2) is 18.8 Å². The third-order valence-electron chi connectivity index (χ3n) is 9.19. The van der Waals surface area contributed by atoms with Crippen LogP contribution in [0.1, 0.15) is 58.8 Å². The van der Waals surface area contributed by atoms with E-state index in [4.69, 9.17) is 4.74 Å². The Bertz CT molecular complexity index is 632. The second kappa shape index (κ2) is 4.90. The Morgan fingerprint density at radius 2 is 2.21 bits per heavy atom. The van der Waals surface area contributed by atoms with E-state index in [1.54, 1.807) is 11.1 Å². The zero-order valence-electron chi connectivity index (χ0n) is 15.5. The number of rotatable bonds is 2. The Morgan fingerprint density at radius 1 is 1.38 bits per heavy atom. The number of ether oxygens (including phenoxy) is 1. The summed E-state index contributed by atoms with van der Waals surface area (Å²) in [6.45, 7) is 5.47. The van der Waals surface area contributed by atoms with Gasteiger partial charge < -0.3 is 9.84 Å². The maximum absolute atomic E-state index is 9.98. The molecule has 3 fully saturated rings. The fraction of sp³-hybridized carbons (Fsp3) is 0.818. The van der Waals surface area contributed by atoms with Crippen molar-refractivity contribution in [1.82, 2.24) is 0 Å². The molecule has 24 heavy (non-hydrogen) atoms. The van der Waals surface area contributed by atoms with E-state index in [2.05, 4.69) is 19.9 Å². The van der Waals surface area contributed by atoms with Crippen LogP contribution in [0.25, 0.3) is 0 Å². The molecule has 2 heteroatoms. The van der Waals surface area contributed by atoms with Crippen LogP contribution < -0.4 is 0 Å². The molecule has 0 aromatic carbocycles. The summed E-state index contributed by atoms with van der Waals surface area (Å²) in [4.78, 5) is 0. The molecule has 5 aliphatic carbocycles. The van der Waals surface area contributed by atoms with Crippen LogP contribution in [0.5, 0.6) is 0 Å². The van der Waals surface area contributed by atoms with Crippen LogP contribution >= 0.6 is 0 Å². The molecular formula is C22H32O2. The van der Waals surface area contributed by atoms with Gasteiger partial charge in [-0.25, -0.2) is 0 Å². The summed E-state index contributed by atoms with van der Waals surface area (Å²) >= 11 is 0. The highest BCUT2D eigenvalue weighted by Crippen LogP contribution is 2.83. The molecule has 0 radical (unpaired) electrons. The average molecular weight is 328 g/mol. The van der Waals surface area contributed by atoms with Crippen molar-refractivity contribution < 1.29 is 9.84 Å². The van der Waals surface area contributed by atoms with Gasteiger partial charge in [-0.1, -0.05) is 25.0 Å². The first kappa shape index (κ1) is 15.5. The first-order valence-corrected chi connectivity index (χ1v) is 10.1. The van der Waals surface area contributed by atoms with Crippen LogP contribution in [0.15, 0.2) is 23.0 Å². The Hall–Kier alpha value is -0.760. The summed E-state index contributed by atoms with van der Waals surface area (Å²) in [6.07, 6.45) is 11.2. The van der Waals surface area contributed by atoms with Crippen molar-refractivity contribution in [2.24, 2.45) is 40.4 Å². The van der Waals surface area contributed by atoms with Gasteiger partial charge in [0.15, 0.2) is 0 Å². The second-order valence-corrected chi connectivity index (χ2v) is 9.71. The number of hydrogen-bond donors (Lipinski definition) is 1. The zero-order chi connectivity index (χ0) is 16.7. The van der Waals surface area contributed by atoms with Crippen LogP contribution in [0.3, 0.4) is 0 Å². The Labute approximate surface area is 146 Å². The van der Waals surface area contributed by atoms with Gasteiger partial charge in [-0.3, -0.25) is 0 Å². The maximum Gasteiger partial charge on any atom is 0.0959 e. The fourth-order valence-corrected chi connectivity index (χ4v) is 8.17. The molecule has 0 heterocycles. The molecule has 5 rings (SSSR count). The number of hydrogen-bond acceptors (Lipinski definition) is 2. The van der Waals surface area contributed by atoms with Crippen molar-refractivity contribution in [3.05, 3.63) is 23.0 Å². The summed E-state index contributed by atoms with van der Waals surface area (Å²) < 4.78 is 5.55. The number of allylic oxidation sites excluding steroid dienone is 3. The number of fused-ring (bicyclic) bond motifs is 2. The molecule has 132 valence electrons. The molecule has 0 aliphatic heterocycles. The predicted octanol–water partition coefficient (Wildman–Crippen LogP) is 4.70. The zero-order valence-corrected chi connectivity index (χ0v) is 15.5. The number of methoxy groups -OCH3 is 1. The quantitative estimate of drug-likeness (QED) is 0.745. The lowest BCUT2D eigenvalue weighted by atomic mass is 9.48. The Kier molecular flexibility index (Phi) is 3.16. The minimum absolute atomic E-state index is 0.405. The van der Waals surface area contributed by atoms with E-state index in [1.165, 1.54) is 37.9 Å². The maximum atomic E-state index is 9.98. The molecule has 0 aromatic rings. The summed E-state index contributed by atoms with van der Waals surface area (Å²) in [5.41, 5.74) is 4.46. The summed E-state index contributed by atoms with van der Waals surface area (Å²) in [6, 6.07) is 0. The minimum Gasteiger partial charge on any atom is -0.501 e. The van der Waals surface area contributed by atoms with Gasteiger partial charge in [0.25, 0.3) is 0 Å². The first-order valence-electron chi connectivity index (χ1n) is 10.1. The minimum atomic E-state index is 0.405. The summed E-state index contributed by atoms with van der Waals surface area (Å²) in [7, 11) is 1.82. The van der Waals surface area contributed by atoms with E-state index in [0.717, 1.165) is 36.5 Å². The summed E-state index contributed by atoms with van der Waals surface area (Å²) in [5.74, 6) is 5.13. The standard InChI is InChI=1S/C22H32O2/c1-13-8-14-9-17(24-3)4-5-18(14)19-6-7-21(2)16(12-23)10-15-11-22(15,21)20(13)19/h4,13,15-16,19-20,23H,5-12H2,1-3H3/t13-,15+,16+,19-,20-,21-,22-/m1/s1. The SMILES string of the molecule is COC1=CCC2=C(C1)C[C@@H](C)[C@@H]1[C@@H]2CC[C@]2(C)[C@H](CO)C[C@H]3C[C@@]312. The van der Waals surface area contributed by atoms with Crippen LogP contribution in [0.4, 0.5) is 0 Å². The monoisotopic (exact) mass is 328 g/mol. The van der Waals surface area contributed by atoms with Crippen LogP contribution in [0.2, 0.25) is 0 Å². The predicted molar refractivity (Wildman–Crippen MR) is 95.2 cm³/mol. The molecule has 0 unspecified atom stereocenters. The van der Waals surface area contributed by atoms with Gasteiger partial charge in [0.1, 0.15) is 0 Å². The second-order valence-electron chi connectivity index (χ2n) is 9.71. The highest BCUT2D eigenvalue weighted by Gasteiger charge is 2.77. The fourth-order valence-electron chi connectivity index (χ4n) is 8.17. The third-order valence-corrected chi connectivity index (χ3v) is 9.19. The largest absolute Gasteiger partial charge is 0.501 e. The van der Waals surface area contributed by atoms with Crippen molar-refractivity contribution in [2.75, 3.05) is 13.7 Å². The van der Waals surface area contributed by atoms with E-state index < -0.39 is 0 Å². The van der Waals surface area contributed by atoms with Crippen molar-refractivity contribution >= 4 is 0 Å².